The number of para-hydroxylation sites is 1. The molecule has 3 nitrogen and oxygen atoms in total. The summed E-state index contributed by atoms with van der Waals surface area (Å²) in [5, 5.41) is 9.16. The Labute approximate surface area is 78.1 Å². The highest BCUT2D eigenvalue weighted by Crippen LogP contribution is 2.15. The standard InChI is InChI=1S/C10H15NO2/c1-8-4-2-3-5-10(8)13-7-9(12)6-11/h2-5,9,12H,6-7,11H2,1H3/t9-/m1/s1. The van der Waals surface area contributed by atoms with E-state index < -0.39 is 6.10 Å². The van der Waals surface area contributed by atoms with Gasteiger partial charge in [0, 0.05) is 6.54 Å². The molecule has 0 fully saturated rings. The molecule has 0 aliphatic rings. The second kappa shape index (κ2) is 4.84. The van der Waals surface area contributed by atoms with Crippen molar-refractivity contribution in [1.82, 2.24) is 0 Å². The van der Waals surface area contributed by atoms with Crippen LogP contribution < -0.4 is 10.5 Å². The summed E-state index contributed by atoms with van der Waals surface area (Å²) in [5.41, 5.74) is 6.31. The summed E-state index contributed by atoms with van der Waals surface area (Å²) in [6.45, 7) is 2.44. The summed E-state index contributed by atoms with van der Waals surface area (Å²) in [5.74, 6) is 0.801. The average Bonchev–Trinajstić information content (AvgIpc) is 2.16. The molecule has 13 heavy (non-hydrogen) atoms. The first kappa shape index (κ1) is 10.0. The summed E-state index contributed by atoms with van der Waals surface area (Å²) in [6, 6.07) is 7.68. The Hall–Kier alpha value is -1.06. The molecule has 0 spiro atoms. The molecule has 0 unspecified atom stereocenters. The Morgan fingerprint density at radius 2 is 2.15 bits per heavy atom. The molecule has 0 radical (unpaired) electrons. The van der Waals surface area contributed by atoms with Gasteiger partial charge in [0.1, 0.15) is 18.5 Å². The van der Waals surface area contributed by atoms with Gasteiger partial charge in [-0.05, 0) is 18.6 Å². The van der Waals surface area contributed by atoms with Crippen molar-refractivity contribution in [2.45, 2.75) is 13.0 Å². The van der Waals surface area contributed by atoms with E-state index in [0.29, 0.717) is 0 Å². The van der Waals surface area contributed by atoms with Crippen LogP contribution in [0.3, 0.4) is 0 Å². The highest BCUT2D eigenvalue weighted by Gasteiger charge is 2.03. The fourth-order valence-electron chi connectivity index (χ4n) is 0.972. The van der Waals surface area contributed by atoms with Gasteiger partial charge < -0.3 is 15.6 Å². The number of aryl methyl sites for hydroxylation is 1. The Morgan fingerprint density at radius 1 is 1.46 bits per heavy atom. The molecule has 72 valence electrons. The maximum absolute atomic E-state index is 9.16. The van der Waals surface area contributed by atoms with Crippen LogP contribution in [0.4, 0.5) is 0 Å². The van der Waals surface area contributed by atoms with Gasteiger partial charge in [0.05, 0.1) is 0 Å². The third-order valence-corrected chi connectivity index (χ3v) is 1.80. The topological polar surface area (TPSA) is 55.5 Å². The monoisotopic (exact) mass is 181 g/mol. The molecule has 0 aliphatic heterocycles. The van der Waals surface area contributed by atoms with Gasteiger partial charge in [0.2, 0.25) is 0 Å². The SMILES string of the molecule is Cc1ccccc1OC[C@H](O)CN. The van der Waals surface area contributed by atoms with Crippen LogP contribution in [0.15, 0.2) is 24.3 Å². The molecule has 1 atom stereocenters. The highest BCUT2D eigenvalue weighted by molar-refractivity contribution is 5.31. The third kappa shape index (κ3) is 3.05. The van der Waals surface area contributed by atoms with Crippen molar-refractivity contribution in [3.63, 3.8) is 0 Å². The van der Waals surface area contributed by atoms with Crippen molar-refractivity contribution >= 4 is 0 Å². The average molecular weight is 181 g/mol. The van der Waals surface area contributed by atoms with Crippen molar-refractivity contribution < 1.29 is 9.84 Å². The van der Waals surface area contributed by atoms with E-state index in [9.17, 15) is 0 Å². The van der Waals surface area contributed by atoms with Crippen molar-refractivity contribution in [3.05, 3.63) is 29.8 Å². The van der Waals surface area contributed by atoms with E-state index in [-0.39, 0.29) is 13.2 Å². The third-order valence-electron chi connectivity index (χ3n) is 1.80. The molecule has 3 heteroatoms. The molecule has 3 N–H and O–H groups in total. The molecule has 0 saturated carbocycles. The number of nitrogens with two attached hydrogens (primary N) is 1. The number of benzene rings is 1. The molecule has 1 aromatic rings. The molecule has 0 aromatic heterocycles. The first-order valence-electron chi connectivity index (χ1n) is 4.30. The normalized spacial score (nSPS) is 12.5. The molecule has 0 bridgehead atoms. The van der Waals surface area contributed by atoms with Crippen LogP contribution >= 0.6 is 0 Å². The number of rotatable bonds is 4. The second-order valence-electron chi connectivity index (χ2n) is 2.97. The van der Waals surface area contributed by atoms with Gasteiger partial charge in [-0.2, -0.15) is 0 Å². The van der Waals surface area contributed by atoms with Crippen LogP contribution in [-0.2, 0) is 0 Å². The maximum Gasteiger partial charge on any atom is 0.122 e. The number of hydrogen-bond acceptors (Lipinski definition) is 3. The van der Waals surface area contributed by atoms with E-state index in [4.69, 9.17) is 15.6 Å². The van der Waals surface area contributed by atoms with E-state index in [1.807, 2.05) is 31.2 Å². The van der Waals surface area contributed by atoms with Crippen LogP contribution in [0, 0.1) is 6.92 Å². The summed E-state index contributed by atoms with van der Waals surface area (Å²) < 4.78 is 5.36. The van der Waals surface area contributed by atoms with E-state index in [2.05, 4.69) is 0 Å². The summed E-state index contributed by atoms with van der Waals surface area (Å²) in [6.07, 6.45) is -0.584. The van der Waals surface area contributed by atoms with Gasteiger partial charge in [-0.3, -0.25) is 0 Å². The molecule has 0 amide bonds. The zero-order valence-corrected chi connectivity index (χ0v) is 7.73. The lowest BCUT2D eigenvalue weighted by atomic mass is 10.2. The molecule has 0 heterocycles. The minimum atomic E-state index is -0.584. The first-order chi connectivity index (χ1) is 6.24. The molecular weight excluding hydrogens is 166 g/mol. The zero-order chi connectivity index (χ0) is 9.68. The highest BCUT2D eigenvalue weighted by atomic mass is 16.5. The van der Waals surface area contributed by atoms with E-state index in [1.165, 1.54) is 0 Å². The smallest absolute Gasteiger partial charge is 0.122 e. The zero-order valence-electron chi connectivity index (χ0n) is 7.73. The lowest BCUT2D eigenvalue weighted by Gasteiger charge is -2.11. The van der Waals surface area contributed by atoms with Gasteiger partial charge in [-0.25, -0.2) is 0 Å². The fourth-order valence-corrected chi connectivity index (χ4v) is 0.972. The van der Waals surface area contributed by atoms with Gasteiger partial charge in [0.15, 0.2) is 0 Å². The summed E-state index contributed by atoms with van der Waals surface area (Å²) in [4.78, 5) is 0. The Kier molecular flexibility index (Phi) is 3.73. The van der Waals surface area contributed by atoms with Gasteiger partial charge in [-0.1, -0.05) is 18.2 Å². The van der Waals surface area contributed by atoms with Gasteiger partial charge in [-0.15, -0.1) is 0 Å². The maximum atomic E-state index is 9.16. The molecule has 0 saturated heterocycles. The lowest BCUT2D eigenvalue weighted by Crippen LogP contribution is -2.26. The largest absolute Gasteiger partial charge is 0.491 e. The van der Waals surface area contributed by atoms with E-state index in [1.54, 1.807) is 0 Å². The molecular formula is C10H15NO2. The summed E-state index contributed by atoms with van der Waals surface area (Å²) in [7, 11) is 0. The Morgan fingerprint density at radius 3 is 2.77 bits per heavy atom. The van der Waals surface area contributed by atoms with E-state index >= 15 is 0 Å². The predicted molar refractivity (Wildman–Crippen MR) is 51.7 cm³/mol. The van der Waals surface area contributed by atoms with Crippen LogP contribution in [0.2, 0.25) is 0 Å². The summed E-state index contributed by atoms with van der Waals surface area (Å²) >= 11 is 0. The van der Waals surface area contributed by atoms with Crippen LogP contribution in [-0.4, -0.2) is 24.4 Å². The Bertz CT molecular complexity index is 263. The van der Waals surface area contributed by atoms with Crippen molar-refractivity contribution in [1.29, 1.82) is 0 Å². The number of ether oxygens (including phenoxy) is 1. The number of aliphatic hydroxyl groups is 1. The minimum absolute atomic E-state index is 0.228. The molecule has 1 aromatic carbocycles. The first-order valence-corrected chi connectivity index (χ1v) is 4.30. The minimum Gasteiger partial charge on any atom is -0.491 e. The predicted octanol–water partition coefficient (Wildman–Crippen LogP) is 0.693. The van der Waals surface area contributed by atoms with Crippen molar-refractivity contribution in [2.75, 3.05) is 13.2 Å². The number of aliphatic hydroxyl groups excluding tert-OH is 1. The quantitative estimate of drug-likeness (QED) is 0.718. The Balaban J connectivity index is 2.50. The molecule has 1 rings (SSSR count). The molecule has 0 aliphatic carbocycles. The van der Waals surface area contributed by atoms with Crippen LogP contribution in [0.5, 0.6) is 5.75 Å². The van der Waals surface area contributed by atoms with Crippen LogP contribution in [0.25, 0.3) is 0 Å². The second-order valence-corrected chi connectivity index (χ2v) is 2.97. The van der Waals surface area contributed by atoms with Crippen molar-refractivity contribution in [2.24, 2.45) is 5.73 Å². The number of hydrogen-bond donors (Lipinski definition) is 2. The van der Waals surface area contributed by atoms with E-state index in [0.717, 1.165) is 11.3 Å². The van der Waals surface area contributed by atoms with Crippen LogP contribution in [0.1, 0.15) is 5.56 Å². The lowest BCUT2D eigenvalue weighted by molar-refractivity contribution is 0.114. The fraction of sp³-hybridized carbons (Fsp3) is 0.400. The van der Waals surface area contributed by atoms with Crippen molar-refractivity contribution in [3.8, 4) is 5.75 Å². The van der Waals surface area contributed by atoms with Gasteiger partial charge in [0.25, 0.3) is 0 Å². The van der Waals surface area contributed by atoms with Gasteiger partial charge >= 0.3 is 0 Å².